The molecule has 2 aromatic rings. The second kappa shape index (κ2) is 11.3. The maximum atomic E-state index is 15.1. The van der Waals surface area contributed by atoms with Crippen molar-refractivity contribution >= 4 is 28.8 Å². The number of hydrogen-bond acceptors (Lipinski definition) is 8. The molecular weight excluding hydrogens is 501 g/mol. The van der Waals surface area contributed by atoms with E-state index in [0.717, 1.165) is 14.9 Å². The molecule has 2 aromatic carbocycles. The zero-order valence-corrected chi connectivity index (χ0v) is 22.2. The molecule has 1 atom stereocenters. The summed E-state index contributed by atoms with van der Waals surface area (Å²) < 4.78 is 54.0. The number of carbonyl (C=O) groups excluding carboxylic acids is 1. The molecule has 1 aliphatic heterocycles. The lowest BCUT2D eigenvalue weighted by atomic mass is 9.88. The first-order chi connectivity index (χ1) is 17.4. The van der Waals surface area contributed by atoms with Gasteiger partial charge in [0.2, 0.25) is 16.0 Å². The molecule has 0 spiro atoms. The van der Waals surface area contributed by atoms with Crippen LogP contribution in [0.25, 0.3) is 0 Å². The molecule has 10 nitrogen and oxygen atoms in total. The molecule has 1 heterocycles. The standard InChI is InChI=1S/C25H32FN5O5S/c1-24(2,3)36-23(32)31(29-27-4)22-28-25(18-37(33,34)30(22)5,20-13-9-10-14-21(20)26)15-16-35-17-19-11-7-6-8-12-19/h6-14,29H,4,15-18H2,1-3,5H3. The number of nitrogens with one attached hydrogen (secondary N) is 1. The van der Waals surface area contributed by atoms with Gasteiger partial charge in [-0.2, -0.15) is 5.10 Å². The molecule has 0 saturated heterocycles. The summed E-state index contributed by atoms with van der Waals surface area (Å²) in [6, 6.07) is 15.3. The number of sulfonamides is 1. The fourth-order valence-corrected chi connectivity index (χ4v) is 5.33. The average molecular weight is 534 g/mol. The van der Waals surface area contributed by atoms with Crippen molar-refractivity contribution in [2.45, 2.75) is 44.9 Å². The number of nitrogens with zero attached hydrogens (tertiary/aromatic N) is 4. The molecule has 200 valence electrons. The van der Waals surface area contributed by atoms with Crippen LogP contribution in [0, 0.1) is 5.82 Å². The monoisotopic (exact) mass is 533 g/mol. The van der Waals surface area contributed by atoms with E-state index in [1.807, 2.05) is 30.3 Å². The molecule has 12 heteroatoms. The predicted molar refractivity (Wildman–Crippen MR) is 139 cm³/mol. The Kier molecular flexibility index (Phi) is 8.54. The van der Waals surface area contributed by atoms with Gasteiger partial charge in [0.15, 0.2) is 0 Å². The van der Waals surface area contributed by atoms with E-state index in [9.17, 15) is 13.2 Å². The van der Waals surface area contributed by atoms with Gasteiger partial charge in [0, 0.05) is 32.4 Å². The van der Waals surface area contributed by atoms with Gasteiger partial charge in [-0.05, 0) is 32.4 Å². The van der Waals surface area contributed by atoms with Crippen molar-refractivity contribution in [3.63, 3.8) is 0 Å². The Morgan fingerprint density at radius 3 is 2.49 bits per heavy atom. The van der Waals surface area contributed by atoms with Crippen molar-refractivity contribution in [3.05, 3.63) is 71.5 Å². The molecule has 0 radical (unpaired) electrons. The molecule has 0 aliphatic carbocycles. The summed E-state index contributed by atoms with van der Waals surface area (Å²) in [5.74, 6) is -1.52. The summed E-state index contributed by atoms with van der Waals surface area (Å²) in [6.07, 6.45) is -0.952. The van der Waals surface area contributed by atoms with Gasteiger partial charge in [0.05, 0.1) is 12.4 Å². The molecule has 0 fully saturated rings. The number of hydrazine groups is 1. The molecule has 3 rings (SSSR count). The van der Waals surface area contributed by atoms with Gasteiger partial charge in [0.25, 0.3) is 0 Å². The Bertz CT molecular complexity index is 1250. The Balaban J connectivity index is 2.06. The van der Waals surface area contributed by atoms with Crippen LogP contribution in [0.3, 0.4) is 0 Å². The number of hydrazone groups is 1. The number of guanidine groups is 1. The Morgan fingerprint density at radius 1 is 1.22 bits per heavy atom. The first kappa shape index (κ1) is 28.1. The zero-order valence-electron chi connectivity index (χ0n) is 21.3. The maximum Gasteiger partial charge on any atom is 0.437 e. The van der Waals surface area contributed by atoms with Crippen molar-refractivity contribution in [1.29, 1.82) is 0 Å². The summed E-state index contributed by atoms with van der Waals surface area (Å²) in [5, 5.41) is 4.25. The maximum absolute atomic E-state index is 15.1. The van der Waals surface area contributed by atoms with Gasteiger partial charge in [-0.25, -0.2) is 32.4 Å². The van der Waals surface area contributed by atoms with Crippen LogP contribution in [0.15, 0.2) is 64.7 Å². The summed E-state index contributed by atoms with van der Waals surface area (Å²) in [6.45, 7) is 8.63. The molecule has 1 amide bonds. The topological polar surface area (TPSA) is 113 Å². The number of hydrogen-bond donors (Lipinski definition) is 1. The first-order valence-electron chi connectivity index (χ1n) is 11.6. The molecule has 1 unspecified atom stereocenters. The van der Waals surface area contributed by atoms with Gasteiger partial charge >= 0.3 is 6.09 Å². The number of aliphatic imine (C=N–C) groups is 1. The van der Waals surface area contributed by atoms with E-state index >= 15 is 4.39 Å². The third-order valence-corrected chi connectivity index (χ3v) is 7.37. The summed E-state index contributed by atoms with van der Waals surface area (Å²) in [5.41, 5.74) is 0.826. The van der Waals surface area contributed by atoms with Crippen LogP contribution in [0.2, 0.25) is 0 Å². The van der Waals surface area contributed by atoms with E-state index < -0.39 is 38.8 Å². The molecule has 1 N–H and O–H groups in total. The van der Waals surface area contributed by atoms with E-state index in [4.69, 9.17) is 9.47 Å². The van der Waals surface area contributed by atoms with Crippen molar-refractivity contribution in [2.24, 2.45) is 10.1 Å². The Hall–Kier alpha value is -3.51. The van der Waals surface area contributed by atoms with Crippen LogP contribution in [0.4, 0.5) is 9.18 Å². The van der Waals surface area contributed by atoms with E-state index in [-0.39, 0.29) is 31.2 Å². The lowest BCUT2D eigenvalue weighted by Gasteiger charge is -2.40. The van der Waals surface area contributed by atoms with Crippen molar-refractivity contribution < 1.29 is 27.1 Å². The van der Waals surface area contributed by atoms with Crippen LogP contribution in [0.1, 0.15) is 38.3 Å². The largest absolute Gasteiger partial charge is 0.442 e. The number of amides is 1. The van der Waals surface area contributed by atoms with Crippen molar-refractivity contribution in [3.8, 4) is 0 Å². The van der Waals surface area contributed by atoms with Crippen molar-refractivity contribution in [1.82, 2.24) is 14.8 Å². The van der Waals surface area contributed by atoms with Crippen LogP contribution in [-0.2, 0) is 31.6 Å². The fraction of sp³-hybridized carbons (Fsp3) is 0.400. The summed E-state index contributed by atoms with van der Waals surface area (Å²) in [7, 11) is -2.84. The van der Waals surface area contributed by atoms with E-state index in [1.54, 1.807) is 26.8 Å². The zero-order chi connectivity index (χ0) is 27.3. The molecule has 0 saturated carbocycles. The fourth-order valence-electron chi connectivity index (χ4n) is 3.80. The highest BCUT2D eigenvalue weighted by atomic mass is 32.2. The molecule has 1 aliphatic rings. The predicted octanol–water partition coefficient (Wildman–Crippen LogP) is 3.62. The highest BCUT2D eigenvalue weighted by Crippen LogP contribution is 2.38. The van der Waals surface area contributed by atoms with E-state index in [1.165, 1.54) is 25.2 Å². The molecular formula is C25H32FN5O5S. The number of ether oxygens (including phenoxy) is 2. The van der Waals surface area contributed by atoms with Gasteiger partial charge in [-0.15, -0.1) is 5.01 Å². The second-order valence-corrected chi connectivity index (χ2v) is 11.5. The average Bonchev–Trinajstić information content (AvgIpc) is 2.82. The quantitative estimate of drug-likeness (QED) is 0.315. The van der Waals surface area contributed by atoms with Crippen LogP contribution < -0.4 is 5.53 Å². The summed E-state index contributed by atoms with van der Waals surface area (Å²) >= 11 is 0. The van der Waals surface area contributed by atoms with E-state index in [2.05, 4.69) is 22.3 Å². The van der Waals surface area contributed by atoms with Gasteiger partial charge in [-0.3, -0.25) is 0 Å². The highest BCUT2D eigenvalue weighted by molar-refractivity contribution is 7.89. The third-order valence-electron chi connectivity index (χ3n) is 5.53. The lowest BCUT2D eigenvalue weighted by Crippen LogP contribution is -2.59. The van der Waals surface area contributed by atoms with Crippen molar-refractivity contribution in [2.75, 3.05) is 19.4 Å². The lowest BCUT2D eigenvalue weighted by molar-refractivity contribution is 0.0281. The minimum absolute atomic E-state index is 0.0149. The minimum atomic E-state index is -4.08. The highest BCUT2D eigenvalue weighted by Gasteiger charge is 2.48. The van der Waals surface area contributed by atoms with Crippen LogP contribution in [0.5, 0.6) is 0 Å². The Labute approximate surface area is 216 Å². The SMILES string of the molecule is C=NNN(C(=O)OC(C)(C)C)C1=NC(CCOCc2ccccc2)(c2ccccc2F)CS(=O)(=O)N1C. The minimum Gasteiger partial charge on any atom is -0.442 e. The van der Waals surface area contributed by atoms with Gasteiger partial charge < -0.3 is 9.47 Å². The van der Waals surface area contributed by atoms with Gasteiger partial charge in [-0.1, -0.05) is 48.5 Å². The smallest absolute Gasteiger partial charge is 0.437 e. The number of carbonyl (C=O) groups is 1. The van der Waals surface area contributed by atoms with Crippen LogP contribution >= 0.6 is 0 Å². The van der Waals surface area contributed by atoms with Crippen LogP contribution in [-0.4, -0.2) is 61.5 Å². The molecule has 0 aromatic heterocycles. The Morgan fingerprint density at radius 2 is 1.86 bits per heavy atom. The third kappa shape index (κ3) is 6.83. The number of rotatable bonds is 8. The molecule has 0 bridgehead atoms. The molecule has 37 heavy (non-hydrogen) atoms. The number of benzene rings is 2. The second-order valence-electron chi connectivity index (χ2n) is 9.51. The van der Waals surface area contributed by atoms with E-state index in [0.29, 0.717) is 0 Å². The normalized spacial score (nSPS) is 19.1. The number of halogens is 1. The summed E-state index contributed by atoms with van der Waals surface area (Å²) in [4.78, 5) is 17.6. The van der Waals surface area contributed by atoms with Gasteiger partial charge in [0.1, 0.15) is 17.0 Å². The first-order valence-corrected chi connectivity index (χ1v) is 13.2.